The lowest BCUT2D eigenvalue weighted by Gasteiger charge is -2.23. The molecule has 0 unspecified atom stereocenters. The first kappa shape index (κ1) is 21.2. The summed E-state index contributed by atoms with van der Waals surface area (Å²) in [7, 11) is 0. The quantitative estimate of drug-likeness (QED) is 0.545. The molecule has 6 nitrogen and oxygen atoms in total. The van der Waals surface area contributed by atoms with Gasteiger partial charge in [0.1, 0.15) is 29.5 Å². The Balaban J connectivity index is 1.22. The molecule has 0 amide bonds. The van der Waals surface area contributed by atoms with E-state index in [4.69, 9.17) is 4.74 Å². The number of benzene rings is 2. The number of aliphatic hydroxyl groups excluding tert-OH is 1. The fourth-order valence-electron chi connectivity index (χ4n) is 3.90. The highest BCUT2D eigenvalue weighted by molar-refractivity contribution is 7.00. The summed E-state index contributed by atoms with van der Waals surface area (Å²) in [4.78, 5) is 2.36. The first-order valence-electron chi connectivity index (χ1n) is 10.8. The van der Waals surface area contributed by atoms with Gasteiger partial charge in [0, 0.05) is 19.6 Å². The van der Waals surface area contributed by atoms with Crippen molar-refractivity contribution in [1.29, 1.82) is 0 Å². The van der Waals surface area contributed by atoms with Crippen molar-refractivity contribution in [2.75, 3.05) is 26.2 Å². The van der Waals surface area contributed by atoms with E-state index in [9.17, 15) is 5.11 Å². The average Bonchev–Trinajstić information content (AvgIpc) is 3.08. The van der Waals surface area contributed by atoms with Gasteiger partial charge in [0.05, 0.1) is 11.7 Å². The number of likely N-dealkylation sites (tertiary alicyclic amines) is 1. The van der Waals surface area contributed by atoms with E-state index in [-0.39, 0.29) is 0 Å². The van der Waals surface area contributed by atoms with Gasteiger partial charge in [0.15, 0.2) is 0 Å². The molecule has 0 radical (unpaired) electrons. The van der Waals surface area contributed by atoms with Crippen LogP contribution in [0.3, 0.4) is 0 Å². The van der Waals surface area contributed by atoms with E-state index in [1.807, 2.05) is 24.3 Å². The molecule has 7 heteroatoms. The molecule has 0 aliphatic carbocycles. The number of rotatable bonds is 9. The molecule has 0 saturated carbocycles. The van der Waals surface area contributed by atoms with E-state index < -0.39 is 6.10 Å². The standard InChI is InChI=1S/C23H30N4O2S/c28-20(16-27-10-3-1-2-4-11-27)17-29-21-7-5-6-18(12-21)14-24-15-19-8-9-22-23(13-19)26-30-25-22/h5-9,12-13,20,24,28H,1-4,10-11,14-17H2/t20-/m0/s1. The molecule has 1 aliphatic heterocycles. The number of β-amino-alcohol motifs (C(OH)–C–C–N with tert-alkyl or cyclic N) is 1. The lowest BCUT2D eigenvalue weighted by Crippen LogP contribution is -2.36. The molecular formula is C23H30N4O2S. The van der Waals surface area contributed by atoms with E-state index in [2.05, 4.69) is 37.2 Å². The number of ether oxygens (including phenoxy) is 1. The van der Waals surface area contributed by atoms with Gasteiger partial charge in [-0.3, -0.25) is 0 Å². The van der Waals surface area contributed by atoms with Crippen molar-refractivity contribution in [3.63, 3.8) is 0 Å². The van der Waals surface area contributed by atoms with E-state index in [0.29, 0.717) is 13.2 Å². The van der Waals surface area contributed by atoms with Crippen molar-refractivity contribution in [3.8, 4) is 5.75 Å². The summed E-state index contributed by atoms with van der Waals surface area (Å²) < 4.78 is 14.4. The molecule has 4 rings (SSSR count). The van der Waals surface area contributed by atoms with Crippen LogP contribution in [0.2, 0.25) is 0 Å². The lowest BCUT2D eigenvalue weighted by molar-refractivity contribution is 0.0693. The zero-order chi connectivity index (χ0) is 20.6. The van der Waals surface area contributed by atoms with Crippen molar-refractivity contribution >= 4 is 22.8 Å². The van der Waals surface area contributed by atoms with Crippen LogP contribution in [0.25, 0.3) is 11.0 Å². The highest BCUT2D eigenvalue weighted by Gasteiger charge is 2.14. The molecule has 160 valence electrons. The van der Waals surface area contributed by atoms with Gasteiger partial charge in [-0.15, -0.1) is 0 Å². The molecule has 1 aromatic heterocycles. The Morgan fingerprint density at radius 2 is 1.73 bits per heavy atom. The predicted octanol–water partition coefficient (Wildman–Crippen LogP) is 3.60. The van der Waals surface area contributed by atoms with Crippen LogP contribution in [0.15, 0.2) is 42.5 Å². The van der Waals surface area contributed by atoms with Crippen LogP contribution in [0.5, 0.6) is 5.75 Å². The largest absolute Gasteiger partial charge is 0.491 e. The predicted molar refractivity (Wildman–Crippen MR) is 121 cm³/mol. The molecule has 1 fully saturated rings. The summed E-state index contributed by atoms with van der Waals surface area (Å²) >= 11 is 1.25. The molecule has 2 aromatic carbocycles. The molecule has 3 aromatic rings. The topological polar surface area (TPSA) is 70.5 Å². The SMILES string of the molecule is O[C@H](COc1cccc(CNCc2ccc3nsnc3c2)c1)CN1CCCCCC1. The zero-order valence-electron chi connectivity index (χ0n) is 17.3. The summed E-state index contributed by atoms with van der Waals surface area (Å²) in [5, 5.41) is 13.8. The molecular weight excluding hydrogens is 396 g/mol. The van der Waals surface area contributed by atoms with Crippen LogP contribution >= 0.6 is 11.7 Å². The zero-order valence-corrected chi connectivity index (χ0v) is 18.1. The smallest absolute Gasteiger partial charge is 0.119 e. The Bertz CT molecular complexity index is 924. The monoisotopic (exact) mass is 426 g/mol. The molecule has 0 spiro atoms. The number of aromatic nitrogens is 2. The van der Waals surface area contributed by atoms with Crippen LogP contribution in [-0.2, 0) is 13.1 Å². The number of aliphatic hydroxyl groups is 1. The molecule has 1 atom stereocenters. The van der Waals surface area contributed by atoms with Gasteiger partial charge in [-0.1, -0.05) is 31.0 Å². The Hall–Kier alpha value is -2.06. The summed E-state index contributed by atoms with van der Waals surface area (Å²) in [6.45, 7) is 4.72. The summed E-state index contributed by atoms with van der Waals surface area (Å²) in [6.07, 6.45) is 4.62. The minimum atomic E-state index is -0.458. The van der Waals surface area contributed by atoms with Gasteiger partial charge < -0.3 is 20.1 Å². The van der Waals surface area contributed by atoms with Crippen LogP contribution < -0.4 is 10.1 Å². The number of nitrogens with one attached hydrogen (secondary N) is 1. The van der Waals surface area contributed by atoms with Gasteiger partial charge in [-0.05, 0) is 61.3 Å². The van der Waals surface area contributed by atoms with Crippen LogP contribution in [0.4, 0.5) is 0 Å². The number of hydrogen-bond donors (Lipinski definition) is 2. The molecule has 1 saturated heterocycles. The Labute approximate surface area is 182 Å². The fourth-order valence-corrected chi connectivity index (χ4v) is 4.41. The third-order valence-corrected chi connectivity index (χ3v) is 6.04. The Morgan fingerprint density at radius 1 is 0.967 bits per heavy atom. The summed E-state index contributed by atoms with van der Waals surface area (Å²) in [5.74, 6) is 0.805. The third kappa shape index (κ3) is 6.22. The van der Waals surface area contributed by atoms with Gasteiger partial charge in [-0.2, -0.15) is 8.75 Å². The minimum Gasteiger partial charge on any atom is -0.491 e. The van der Waals surface area contributed by atoms with E-state index >= 15 is 0 Å². The molecule has 2 N–H and O–H groups in total. The second-order valence-electron chi connectivity index (χ2n) is 8.02. The van der Waals surface area contributed by atoms with Crippen LogP contribution in [-0.4, -0.2) is 51.1 Å². The molecule has 2 heterocycles. The van der Waals surface area contributed by atoms with Gasteiger partial charge in [0.25, 0.3) is 0 Å². The highest BCUT2D eigenvalue weighted by atomic mass is 32.1. The lowest BCUT2D eigenvalue weighted by atomic mass is 10.2. The normalized spacial score (nSPS) is 16.4. The van der Waals surface area contributed by atoms with Crippen molar-refractivity contribution in [1.82, 2.24) is 19.0 Å². The van der Waals surface area contributed by atoms with Gasteiger partial charge in [0.2, 0.25) is 0 Å². The van der Waals surface area contributed by atoms with Crippen LogP contribution in [0, 0.1) is 0 Å². The van der Waals surface area contributed by atoms with Crippen molar-refractivity contribution in [3.05, 3.63) is 53.6 Å². The number of fused-ring (bicyclic) bond motifs is 1. The fraction of sp³-hybridized carbons (Fsp3) is 0.478. The van der Waals surface area contributed by atoms with Crippen molar-refractivity contribution < 1.29 is 9.84 Å². The van der Waals surface area contributed by atoms with Crippen molar-refractivity contribution in [2.24, 2.45) is 0 Å². The second kappa shape index (κ2) is 10.8. The maximum Gasteiger partial charge on any atom is 0.119 e. The van der Waals surface area contributed by atoms with Gasteiger partial charge in [-0.25, -0.2) is 0 Å². The van der Waals surface area contributed by atoms with E-state index in [0.717, 1.165) is 48.5 Å². The Kier molecular flexibility index (Phi) is 7.64. The first-order chi connectivity index (χ1) is 14.8. The average molecular weight is 427 g/mol. The second-order valence-corrected chi connectivity index (χ2v) is 8.55. The van der Waals surface area contributed by atoms with Crippen LogP contribution in [0.1, 0.15) is 36.8 Å². The third-order valence-electron chi connectivity index (χ3n) is 5.48. The maximum atomic E-state index is 10.4. The first-order valence-corrected chi connectivity index (χ1v) is 11.5. The summed E-state index contributed by atoms with van der Waals surface area (Å²) in [5.41, 5.74) is 4.25. The highest BCUT2D eigenvalue weighted by Crippen LogP contribution is 2.16. The molecule has 30 heavy (non-hydrogen) atoms. The molecule has 1 aliphatic rings. The molecule has 0 bridgehead atoms. The van der Waals surface area contributed by atoms with Crippen molar-refractivity contribution in [2.45, 2.75) is 44.9 Å². The minimum absolute atomic E-state index is 0.328. The van der Waals surface area contributed by atoms with E-state index in [1.54, 1.807) is 0 Å². The number of nitrogens with zero attached hydrogens (tertiary/aromatic N) is 3. The van der Waals surface area contributed by atoms with E-state index in [1.165, 1.54) is 43.0 Å². The summed E-state index contributed by atoms with van der Waals surface area (Å²) in [6, 6.07) is 14.3. The Morgan fingerprint density at radius 3 is 2.57 bits per heavy atom. The number of hydrogen-bond acceptors (Lipinski definition) is 7. The maximum absolute atomic E-state index is 10.4. The van der Waals surface area contributed by atoms with Gasteiger partial charge >= 0.3 is 0 Å².